The van der Waals surface area contributed by atoms with Gasteiger partial charge in [-0.15, -0.1) is 0 Å². The lowest BCUT2D eigenvalue weighted by atomic mass is 9.76. The molecule has 2 aromatic carbocycles. The lowest BCUT2D eigenvalue weighted by Gasteiger charge is -2.28. The number of benzene rings is 2. The fourth-order valence-corrected chi connectivity index (χ4v) is 4.81. The molecule has 0 fully saturated rings. The Labute approximate surface area is 209 Å². The highest BCUT2D eigenvalue weighted by Crippen LogP contribution is 2.47. The summed E-state index contributed by atoms with van der Waals surface area (Å²) >= 11 is 12.5. The third-order valence-corrected chi connectivity index (χ3v) is 7.14. The molecule has 0 aliphatic carbocycles. The SMILES string of the molecule is C=C(/C=C/C=C/C=C/C=C1/N(C)c2ccc(Cl)cc2C1(C)C)C(C)(C)c1cc(Cl)ccc1C. The molecule has 0 N–H and O–H groups in total. The molecule has 1 heterocycles. The van der Waals surface area contributed by atoms with Gasteiger partial charge in [0.05, 0.1) is 0 Å². The quantitative estimate of drug-likeness (QED) is 0.374. The van der Waals surface area contributed by atoms with Gasteiger partial charge in [0.1, 0.15) is 0 Å². The first-order valence-corrected chi connectivity index (χ1v) is 11.9. The fraction of sp³-hybridized carbons (Fsp3) is 0.267. The molecule has 0 unspecified atom stereocenters. The molecule has 0 aromatic heterocycles. The smallest absolute Gasteiger partial charge is 0.0449 e. The van der Waals surface area contributed by atoms with Crippen molar-refractivity contribution in [2.24, 2.45) is 0 Å². The van der Waals surface area contributed by atoms with Crippen molar-refractivity contribution in [3.8, 4) is 0 Å². The average molecular weight is 479 g/mol. The number of allylic oxidation sites excluding steroid dienone is 9. The van der Waals surface area contributed by atoms with E-state index < -0.39 is 0 Å². The first-order chi connectivity index (χ1) is 15.5. The van der Waals surface area contributed by atoms with Crippen molar-refractivity contribution in [1.82, 2.24) is 0 Å². The number of nitrogens with zero attached hydrogens (tertiary/aromatic N) is 1. The predicted molar refractivity (Wildman–Crippen MR) is 147 cm³/mol. The van der Waals surface area contributed by atoms with Crippen LogP contribution in [0.3, 0.4) is 0 Å². The molecule has 1 aliphatic heterocycles. The zero-order valence-corrected chi connectivity index (χ0v) is 21.9. The highest BCUT2D eigenvalue weighted by molar-refractivity contribution is 6.31. The van der Waals surface area contributed by atoms with Crippen LogP contribution >= 0.6 is 23.2 Å². The van der Waals surface area contributed by atoms with Gasteiger partial charge in [0.25, 0.3) is 0 Å². The lowest BCUT2D eigenvalue weighted by Crippen LogP contribution is -2.22. The second kappa shape index (κ2) is 9.79. The number of halogens is 2. The van der Waals surface area contributed by atoms with Crippen LogP contribution in [0, 0.1) is 6.92 Å². The third kappa shape index (κ3) is 5.21. The van der Waals surface area contributed by atoms with E-state index in [0.29, 0.717) is 0 Å². The van der Waals surface area contributed by atoms with Crippen LogP contribution in [0.15, 0.2) is 96.8 Å². The van der Waals surface area contributed by atoms with Crippen molar-refractivity contribution >= 4 is 28.9 Å². The van der Waals surface area contributed by atoms with Gasteiger partial charge in [-0.2, -0.15) is 0 Å². The van der Waals surface area contributed by atoms with Crippen LogP contribution in [0.25, 0.3) is 0 Å². The number of likely N-dealkylation sites (N-methyl/N-ethyl adjacent to an activating group) is 1. The molecule has 0 spiro atoms. The summed E-state index contributed by atoms with van der Waals surface area (Å²) in [4.78, 5) is 2.24. The molecule has 0 saturated carbocycles. The first kappa shape index (κ1) is 25.1. The van der Waals surface area contributed by atoms with Gasteiger partial charge >= 0.3 is 0 Å². The fourth-order valence-electron chi connectivity index (χ4n) is 4.47. The second-order valence-electron chi connectivity index (χ2n) is 9.64. The topological polar surface area (TPSA) is 3.24 Å². The van der Waals surface area contributed by atoms with Crippen molar-refractivity contribution in [3.05, 3.63) is 124 Å². The zero-order chi connectivity index (χ0) is 24.4. The lowest BCUT2D eigenvalue weighted by molar-refractivity contribution is 0.637. The van der Waals surface area contributed by atoms with Crippen LogP contribution in [0.1, 0.15) is 44.4 Å². The third-order valence-electron chi connectivity index (χ3n) is 6.67. The summed E-state index contributed by atoms with van der Waals surface area (Å²) in [5.41, 5.74) is 6.87. The summed E-state index contributed by atoms with van der Waals surface area (Å²) in [6.45, 7) is 15.2. The van der Waals surface area contributed by atoms with Gasteiger partial charge in [-0.25, -0.2) is 0 Å². The second-order valence-corrected chi connectivity index (χ2v) is 10.5. The maximum absolute atomic E-state index is 6.24. The largest absolute Gasteiger partial charge is 0.347 e. The summed E-state index contributed by atoms with van der Waals surface area (Å²) in [7, 11) is 2.11. The van der Waals surface area contributed by atoms with Crippen molar-refractivity contribution in [2.75, 3.05) is 11.9 Å². The van der Waals surface area contributed by atoms with Gasteiger partial charge in [-0.1, -0.05) is 100.0 Å². The standard InChI is InChI=1S/C30H33Cl2N/c1-21-15-16-23(31)19-25(21)29(3,4)22(2)13-11-9-8-10-12-14-28-30(5,6)26-20-24(32)17-18-27(26)33(28)7/h8-20H,2H2,1,3-7H3/b9-8+,12-10+,13-11+,28-14+. The molecule has 0 amide bonds. The molecule has 1 aliphatic rings. The Balaban J connectivity index is 1.67. The van der Waals surface area contributed by atoms with Crippen molar-refractivity contribution in [3.63, 3.8) is 0 Å². The van der Waals surface area contributed by atoms with Crippen LogP contribution in [0.5, 0.6) is 0 Å². The molecule has 0 radical (unpaired) electrons. The maximum Gasteiger partial charge on any atom is 0.0449 e. The minimum Gasteiger partial charge on any atom is -0.347 e. The Morgan fingerprint density at radius 1 is 0.939 bits per heavy atom. The highest BCUT2D eigenvalue weighted by atomic mass is 35.5. The summed E-state index contributed by atoms with van der Waals surface area (Å²) in [5, 5.41) is 1.53. The van der Waals surface area contributed by atoms with Crippen molar-refractivity contribution < 1.29 is 0 Å². The van der Waals surface area contributed by atoms with E-state index in [1.54, 1.807) is 0 Å². The Hall–Kier alpha value is -2.48. The van der Waals surface area contributed by atoms with Crippen LogP contribution in [0.2, 0.25) is 10.0 Å². The van der Waals surface area contributed by atoms with E-state index in [1.165, 1.54) is 28.1 Å². The summed E-state index contributed by atoms with van der Waals surface area (Å²) in [5.74, 6) is 0. The number of fused-ring (bicyclic) bond motifs is 1. The number of aryl methyl sites for hydroxylation is 1. The molecular formula is C30H33Cl2N. The number of anilines is 1. The number of hydrogen-bond acceptors (Lipinski definition) is 1. The van der Waals surface area contributed by atoms with Gasteiger partial charge in [0, 0.05) is 39.3 Å². The Morgan fingerprint density at radius 2 is 1.55 bits per heavy atom. The van der Waals surface area contributed by atoms with Gasteiger partial charge in [0.2, 0.25) is 0 Å². The summed E-state index contributed by atoms with van der Waals surface area (Å²) in [6, 6.07) is 12.1. The highest BCUT2D eigenvalue weighted by Gasteiger charge is 2.38. The van der Waals surface area contributed by atoms with E-state index in [-0.39, 0.29) is 10.8 Å². The van der Waals surface area contributed by atoms with Crippen molar-refractivity contribution in [1.29, 1.82) is 0 Å². The minimum atomic E-state index is -0.198. The molecule has 1 nitrogen and oxygen atoms in total. The predicted octanol–water partition coefficient (Wildman–Crippen LogP) is 9.12. The normalized spacial score (nSPS) is 17.1. The molecule has 3 rings (SSSR count). The van der Waals surface area contributed by atoms with Gasteiger partial charge in [-0.05, 0) is 65.6 Å². The van der Waals surface area contributed by atoms with E-state index in [0.717, 1.165) is 15.6 Å². The first-order valence-electron chi connectivity index (χ1n) is 11.2. The van der Waals surface area contributed by atoms with Crippen LogP contribution in [-0.2, 0) is 10.8 Å². The average Bonchev–Trinajstić information content (AvgIpc) is 2.94. The minimum absolute atomic E-state index is 0.0925. The van der Waals surface area contributed by atoms with E-state index >= 15 is 0 Å². The van der Waals surface area contributed by atoms with Crippen LogP contribution in [0.4, 0.5) is 5.69 Å². The Morgan fingerprint density at radius 3 is 2.27 bits per heavy atom. The molecule has 172 valence electrons. The van der Waals surface area contributed by atoms with Gasteiger partial charge < -0.3 is 4.90 Å². The molecule has 0 bridgehead atoms. The van der Waals surface area contributed by atoms with E-state index in [9.17, 15) is 0 Å². The van der Waals surface area contributed by atoms with E-state index in [2.05, 4.69) is 89.6 Å². The van der Waals surface area contributed by atoms with Gasteiger partial charge in [0.15, 0.2) is 0 Å². The molecule has 33 heavy (non-hydrogen) atoms. The van der Waals surface area contributed by atoms with Gasteiger partial charge in [-0.3, -0.25) is 0 Å². The Kier molecular flexibility index (Phi) is 7.46. The molecular weight excluding hydrogens is 445 g/mol. The number of rotatable bonds is 6. The molecule has 0 saturated heterocycles. The molecule has 0 atom stereocenters. The zero-order valence-electron chi connectivity index (χ0n) is 20.4. The molecule has 3 heteroatoms. The summed E-state index contributed by atoms with van der Waals surface area (Å²) < 4.78 is 0. The van der Waals surface area contributed by atoms with E-state index in [4.69, 9.17) is 23.2 Å². The molecule has 2 aromatic rings. The van der Waals surface area contributed by atoms with Crippen LogP contribution in [-0.4, -0.2) is 7.05 Å². The van der Waals surface area contributed by atoms with Crippen molar-refractivity contribution in [2.45, 2.75) is 45.4 Å². The van der Waals surface area contributed by atoms with E-state index in [1.807, 2.05) is 42.5 Å². The maximum atomic E-state index is 6.24. The monoisotopic (exact) mass is 477 g/mol. The Bertz CT molecular complexity index is 1180. The van der Waals surface area contributed by atoms with Crippen LogP contribution < -0.4 is 4.90 Å². The number of hydrogen-bond donors (Lipinski definition) is 0. The summed E-state index contributed by atoms with van der Waals surface area (Å²) in [6.07, 6.45) is 14.5.